The second-order valence-corrected chi connectivity index (χ2v) is 2.27. The summed E-state index contributed by atoms with van der Waals surface area (Å²) >= 11 is 0. The minimum absolute atomic E-state index is 0. The Morgan fingerprint density at radius 2 is 2.18 bits per heavy atom. The van der Waals surface area contributed by atoms with Gasteiger partial charge in [0.2, 0.25) is 0 Å². The van der Waals surface area contributed by atoms with Crippen molar-refractivity contribution >= 4 is 43.7 Å². The standard InChI is InChI=1S/C6H11NO3.Ca.2H/c1-3-4(2)5(7-10)6(8)9;;;/h4-5H,3H2,1-2H3,(H,8,9);;;/q;+2;2*-1. The number of carbonyl (C=O) groups is 1. The van der Waals surface area contributed by atoms with E-state index in [2.05, 4.69) is 5.18 Å². The van der Waals surface area contributed by atoms with Crippen LogP contribution >= 0.6 is 0 Å². The third kappa shape index (κ3) is 4.71. The number of nitroso groups, excluding NO2 is 1. The second-order valence-electron chi connectivity index (χ2n) is 2.27. The van der Waals surface area contributed by atoms with Crippen LogP contribution in [0.5, 0.6) is 0 Å². The van der Waals surface area contributed by atoms with E-state index in [1.165, 1.54) is 0 Å². The van der Waals surface area contributed by atoms with Gasteiger partial charge < -0.3 is 7.96 Å². The number of carboxylic acids is 1. The SMILES string of the molecule is CCC(C)C(N=O)C(=O)O.[Ca+2].[H-].[H-]. The summed E-state index contributed by atoms with van der Waals surface area (Å²) in [6, 6.07) is -1.08. The third-order valence-corrected chi connectivity index (χ3v) is 1.55. The monoisotopic (exact) mass is 187 g/mol. The molecule has 0 saturated heterocycles. The van der Waals surface area contributed by atoms with Gasteiger partial charge in [-0.25, -0.2) is 4.79 Å². The molecule has 0 radical (unpaired) electrons. The van der Waals surface area contributed by atoms with Crippen molar-refractivity contribution in [3.63, 3.8) is 0 Å². The summed E-state index contributed by atoms with van der Waals surface area (Å²) in [4.78, 5) is 20.2. The smallest absolute Gasteiger partial charge is 1.00 e. The average molecular weight is 187 g/mol. The van der Waals surface area contributed by atoms with Gasteiger partial charge in [0.1, 0.15) is 0 Å². The second kappa shape index (κ2) is 7.00. The zero-order valence-electron chi connectivity index (χ0n) is 8.78. The van der Waals surface area contributed by atoms with Gasteiger partial charge in [0.05, 0.1) is 0 Å². The summed E-state index contributed by atoms with van der Waals surface area (Å²) in [7, 11) is 0. The molecule has 4 nitrogen and oxygen atoms in total. The van der Waals surface area contributed by atoms with Gasteiger partial charge in [-0.15, -0.1) is 4.91 Å². The first-order valence-electron chi connectivity index (χ1n) is 3.18. The number of rotatable bonds is 4. The Balaban J connectivity index is -0.000000135. The third-order valence-electron chi connectivity index (χ3n) is 1.55. The van der Waals surface area contributed by atoms with Gasteiger partial charge in [-0.1, -0.05) is 25.4 Å². The van der Waals surface area contributed by atoms with Gasteiger partial charge in [0.15, 0.2) is 6.04 Å². The van der Waals surface area contributed by atoms with Gasteiger partial charge in [-0.2, -0.15) is 0 Å². The Kier molecular flexibility index (Phi) is 8.84. The van der Waals surface area contributed by atoms with Gasteiger partial charge in [0, 0.05) is 0 Å². The van der Waals surface area contributed by atoms with Crippen molar-refractivity contribution < 1.29 is 12.8 Å². The molecule has 1 N–H and O–H groups in total. The maximum Gasteiger partial charge on any atom is 2.00 e. The molecule has 0 rings (SSSR count). The first kappa shape index (κ1) is 13.9. The van der Waals surface area contributed by atoms with E-state index in [0.29, 0.717) is 6.42 Å². The molecule has 2 atom stereocenters. The molecule has 0 aliphatic rings. The van der Waals surface area contributed by atoms with E-state index < -0.39 is 12.0 Å². The molecule has 0 fully saturated rings. The fourth-order valence-corrected chi connectivity index (χ4v) is 0.616. The van der Waals surface area contributed by atoms with Crippen LogP contribution in [0.15, 0.2) is 5.18 Å². The van der Waals surface area contributed by atoms with Gasteiger partial charge >= 0.3 is 43.7 Å². The molecule has 11 heavy (non-hydrogen) atoms. The Bertz CT molecular complexity index is 148. The van der Waals surface area contributed by atoms with Crippen LogP contribution in [0.3, 0.4) is 0 Å². The zero-order valence-corrected chi connectivity index (χ0v) is 8.99. The minimum Gasteiger partial charge on any atom is -1.00 e. The van der Waals surface area contributed by atoms with Crippen LogP contribution in [0.25, 0.3) is 0 Å². The molecular formula is C6H13CaNO3. The molecule has 2 unspecified atom stereocenters. The van der Waals surface area contributed by atoms with Gasteiger partial charge in [0.25, 0.3) is 0 Å². The molecule has 0 amide bonds. The molecular weight excluding hydrogens is 174 g/mol. The Labute approximate surface area is 98.3 Å². The predicted molar refractivity (Wildman–Crippen MR) is 44.7 cm³/mol. The first-order chi connectivity index (χ1) is 4.63. The normalized spacial score (nSPS) is 14.4. The van der Waals surface area contributed by atoms with Crippen LogP contribution in [0.1, 0.15) is 23.1 Å². The molecule has 0 aliphatic heterocycles. The van der Waals surface area contributed by atoms with E-state index in [9.17, 15) is 9.70 Å². The van der Waals surface area contributed by atoms with E-state index >= 15 is 0 Å². The summed E-state index contributed by atoms with van der Waals surface area (Å²) in [5.74, 6) is -1.31. The summed E-state index contributed by atoms with van der Waals surface area (Å²) in [5.41, 5.74) is 0. The van der Waals surface area contributed by atoms with Crippen LogP contribution in [0, 0.1) is 10.8 Å². The van der Waals surface area contributed by atoms with Crippen LogP contribution in [-0.2, 0) is 4.79 Å². The number of hydrogen-bond donors (Lipinski definition) is 1. The van der Waals surface area contributed by atoms with Crippen molar-refractivity contribution in [3.8, 4) is 0 Å². The molecule has 0 aromatic rings. The van der Waals surface area contributed by atoms with Crippen molar-refractivity contribution in [1.29, 1.82) is 0 Å². The number of aliphatic carboxylic acids is 1. The molecule has 0 heterocycles. The topological polar surface area (TPSA) is 66.7 Å². The fraction of sp³-hybridized carbons (Fsp3) is 0.833. The molecule has 0 saturated carbocycles. The first-order valence-corrected chi connectivity index (χ1v) is 3.18. The molecule has 62 valence electrons. The van der Waals surface area contributed by atoms with Crippen LogP contribution in [0.2, 0.25) is 0 Å². The quantitative estimate of drug-likeness (QED) is 0.529. The van der Waals surface area contributed by atoms with Gasteiger partial charge in [-0.05, 0) is 5.92 Å². The molecule has 0 aliphatic carbocycles. The zero-order chi connectivity index (χ0) is 8.15. The predicted octanol–water partition coefficient (Wildman–Crippen LogP) is 1.10. The number of carboxylic acid groups (broad SMARTS) is 1. The van der Waals surface area contributed by atoms with Crippen molar-refractivity contribution in [2.45, 2.75) is 26.3 Å². The molecule has 0 bridgehead atoms. The number of hydrogen-bond acceptors (Lipinski definition) is 3. The maximum atomic E-state index is 10.2. The Morgan fingerprint density at radius 1 is 1.73 bits per heavy atom. The molecule has 0 aromatic carbocycles. The van der Waals surface area contributed by atoms with Crippen LogP contribution in [-0.4, -0.2) is 54.9 Å². The van der Waals surface area contributed by atoms with Crippen molar-refractivity contribution in [2.24, 2.45) is 11.1 Å². The fourth-order valence-electron chi connectivity index (χ4n) is 0.616. The van der Waals surface area contributed by atoms with Gasteiger partial charge in [-0.3, -0.25) is 0 Å². The maximum absolute atomic E-state index is 10.2. The van der Waals surface area contributed by atoms with E-state index in [-0.39, 0.29) is 46.5 Å². The molecule has 5 heteroatoms. The van der Waals surface area contributed by atoms with E-state index in [0.717, 1.165) is 0 Å². The van der Waals surface area contributed by atoms with E-state index in [1.807, 2.05) is 6.92 Å². The average Bonchev–Trinajstić information content (AvgIpc) is 1.88. The van der Waals surface area contributed by atoms with E-state index in [1.54, 1.807) is 6.92 Å². The summed E-state index contributed by atoms with van der Waals surface area (Å²) < 4.78 is 0. The van der Waals surface area contributed by atoms with E-state index in [4.69, 9.17) is 5.11 Å². The van der Waals surface area contributed by atoms with Crippen molar-refractivity contribution in [2.75, 3.05) is 0 Å². The summed E-state index contributed by atoms with van der Waals surface area (Å²) in [5, 5.41) is 10.9. The van der Waals surface area contributed by atoms with Crippen LogP contribution in [0.4, 0.5) is 0 Å². The Hall–Kier alpha value is 0.330. The van der Waals surface area contributed by atoms with Crippen LogP contribution < -0.4 is 0 Å². The van der Waals surface area contributed by atoms with Crippen molar-refractivity contribution in [1.82, 2.24) is 0 Å². The Morgan fingerprint density at radius 3 is 2.27 bits per heavy atom. The number of nitrogens with zero attached hydrogens (tertiary/aromatic N) is 1. The molecule has 0 spiro atoms. The molecule has 0 aromatic heterocycles. The summed E-state index contributed by atoms with van der Waals surface area (Å²) in [6.45, 7) is 3.52. The minimum atomic E-state index is -1.13. The summed E-state index contributed by atoms with van der Waals surface area (Å²) in [6.07, 6.45) is 0.655. The largest absolute Gasteiger partial charge is 2.00 e. The van der Waals surface area contributed by atoms with Crippen molar-refractivity contribution in [3.05, 3.63) is 4.91 Å².